The highest BCUT2D eigenvalue weighted by Crippen LogP contribution is 2.57. The molecule has 1 saturated carbocycles. The van der Waals surface area contributed by atoms with E-state index in [0.717, 1.165) is 38.0 Å². The molecule has 170 valence electrons. The Bertz CT molecular complexity index is 808. The number of piperidine rings is 2. The number of carbonyl (C=O) groups excluding carboxylic acids is 2. The van der Waals surface area contributed by atoms with E-state index in [1.807, 2.05) is 35.2 Å². The number of fused-ring (bicyclic) bond motifs is 1. The predicted molar refractivity (Wildman–Crippen MR) is 123 cm³/mol. The minimum atomic E-state index is -0.732. The molecule has 5 heteroatoms. The van der Waals surface area contributed by atoms with Gasteiger partial charge in [-0.2, -0.15) is 0 Å². The quantitative estimate of drug-likeness (QED) is 0.727. The maximum atomic E-state index is 14.1. The molecule has 5 nitrogen and oxygen atoms in total. The molecule has 3 saturated heterocycles. The van der Waals surface area contributed by atoms with E-state index in [-0.39, 0.29) is 23.8 Å². The SMILES string of the molecule is CC(=O)N1CC2CC3CN(CC(C)C)C(C2CC(C)C)C31C(=O)NCc1ccccc1. The highest BCUT2D eigenvalue weighted by atomic mass is 16.2. The smallest absolute Gasteiger partial charge is 0.248 e. The van der Waals surface area contributed by atoms with E-state index in [1.165, 1.54) is 0 Å². The fraction of sp³-hybridized carbons (Fsp3) is 0.692. The lowest BCUT2D eigenvalue weighted by Gasteiger charge is -2.61. The van der Waals surface area contributed by atoms with Crippen molar-refractivity contribution in [3.05, 3.63) is 35.9 Å². The topological polar surface area (TPSA) is 52.7 Å². The molecule has 4 fully saturated rings. The van der Waals surface area contributed by atoms with Crippen molar-refractivity contribution in [1.29, 1.82) is 0 Å². The number of likely N-dealkylation sites (tertiary alicyclic amines) is 1. The summed E-state index contributed by atoms with van der Waals surface area (Å²) in [7, 11) is 0. The van der Waals surface area contributed by atoms with Crippen LogP contribution in [-0.4, -0.2) is 52.8 Å². The highest BCUT2D eigenvalue weighted by molar-refractivity contribution is 5.93. The molecule has 0 aromatic heterocycles. The van der Waals surface area contributed by atoms with Crippen molar-refractivity contribution in [1.82, 2.24) is 15.1 Å². The number of nitrogens with zero attached hydrogens (tertiary/aromatic N) is 2. The Kier molecular flexibility index (Phi) is 6.17. The zero-order valence-corrected chi connectivity index (χ0v) is 19.8. The molecular formula is C26H39N3O2. The molecule has 0 spiro atoms. The normalized spacial score (nSPS) is 32.2. The Labute approximate surface area is 187 Å². The second-order valence-electron chi connectivity index (χ2n) is 10.9. The first-order valence-electron chi connectivity index (χ1n) is 12.1. The minimum absolute atomic E-state index is 0.0453. The van der Waals surface area contributed by atoms with Crippen molar-refractivity contribution in [3.8, 4) is 0 Å². The maximum Gasteiger partial charge on any atom is 0.248 e. The van der Waals surface area contributed by atoms with Gasteiger partial charge in [-0.05, 0) is 42.1 Å². The zero-order valence-electron chi connectivity index (χ0n) is 19.8. The molecule has 1 N–H and O–H groups in total. The summed E-state index contributed by atoms with van der Waals surface area (Å²) in [6, 6.07) is 10.2. The molecule has 1 aromatic carbocycles. The third-order valence-corrected chi connectivity index (χ3v) is 7.77. The van der Waals surface area contributed by atoms with Gasteiger partial charge in [0.2, 0.25) is 11.8 Å². The summed E-state index contributed by atoms with van der Waals surface area (Å²) in [4.78, 5) is 31.5. The van der Waals surface area contributed by atoms with Crippen LogP contribution < -0.4 is 5.32 Å². The zero-order chi connectivity index (χ0) is 22.3. The molecule has 5 atom stereocenters. The lowest BCUT2D eigenvalue weighted by Crippen LogP contribution is -2.77. The molecule has 3 heterocycles. The average molecular weight is 426 g/mol. The van der Waals surface area contributed by atoms with Gasteiger partial charge >= 0.3 is 0 Å². The lowest BCUT2D eigenvalue weighted by atomic mass is 9.56. The number of hydrogen-bond donors (Lipinski definition) is 1. The third kappa shape index (κ3) is 3.79. The summed E-state index contributed by atoms with van der Waals surface area (Å²) in [5.74, 6) is 2.41. The van der Waals surface area contributed by atoms with Crippen LogP contribution in [0.15, 0.2) is 30.3 Å². The molecule has 5 rings (SSSR count). The number of amides is 2. The number of hydrogen-bond acceptors (Lipinski definition) is 3. The summed E-state index contributed by atoms with van der Waals surface area (Å²) < 4.78 is 0. The summed E-state index contributed by atoms with van der Waals surface area (Å²) in [5.41, 5.74) is 0.361. The highest BCUT2D eigenvalue weighted by Gasteiger charge is 2.71. The molecule has 4 bridgehead atoms. The van der Waals surface area contributed by atoms with Gasteiger partial charge in [-0.15, -0.1) is 0 Å². The predicted octanol–water partition coefficient (Wildman–Crippen LogP) is 3.54. The van der Waals surface area contributed by atoms with Gasteiger partial charge in [0.05, 0.1) is 0 Å². The number of rotatable bonds is 7. The first-order chi connectivity index (χ1) is 14.7. The Morgan fingerprint density at radius 1 is 1.10 bits per heavy atom. The van der Waals surface area contributed by atoms with Gasteiger partial charge in [-0.3, -0.25) is 14.5 Å². The van der Waals surface area contributed by atoms with Crippen molar-refractivity contribution in [2.24, 2.45) is 29.6 Å². The van der Waals surface area contributed by atoms with Gasteiger partial charge in [-0.25, -0.2) is 0 Å². The summed E-state index contributed by atoms with van der Waals surface area (Å²) in [6.45, 7) is 13.9. The van der Waals surface area contributed by atoms with Crippen LogP contribution in [0.4, 0.5) is 0 Å². The van der Waals surface area contributed by atoms with Crippen LogP contribution in [0.25, 0.3) is 0 Å². The van der Waals surface area contributed by atoms with Gasteiger partial charge < -0.3 is 10.2 Å². The van der Waals surface area contributed by atoms with Crippen molar-refractivity contribution < 1.29 is 9.59 Å². The first kappa shape index (κ1) is 22.3. The number of nitrogens with one attached hydrogen (secondary N) is 1. The molecule has 3 aliphatic heterocycles. The van der Waals surface area contributed by atoms with Crippen LogP contribution in [0, 0.1) is 29.6 Å². The van der Waals surface area contributed by atoms with E-state index in [9.17, 15) is 9.59 Å². The fourth-order valence-corrected chi connectivity index (χ4v) is 6.95. The summed E-state index contributed by atoms with van der Waals surface area (Å²) >= 11 is 0. The molecule has 0 radical (unpaired) electrons. The molecule has 31 heavy (non-hydrogen) atoms. The van der Waals surface area contributed by atoms with E-state index in [4.69, 9.17) is 0 Å². The van der Waals surface area contributed by atoms with Crippen LogP contribution in [0.3, 0.4) is 0 Å². The van der Waals surface area contributed by atoms with Crippen LogP contribution >= 0.6 is 0 Å². The standard InChI is InChI=1S/C26H39N3O2/c1-17(2)11-23-21-12-22-16-28(14-18(3)4)24(23)26(22,29(15-21)19(5)30)25(31)27-13-20-9-7-6-8-10-20/h6-10,17-18,21-24H,11-16H2,1-5H3,(H,27,31). The van der Waals surface area contributed by atoms with Gasteiger partial charge in [0, 0.05) is 45.1 Å². The molecule has 2 amide bonds. The lowest BCUT2D eigenvalue weighted by molar-refractivity contribution is -0.173. The van der Waals surface area contributed by atoms with Crippen LogP contribution in [-0.2, 0) is 16.1 Å². The summed E-state index contributed by atoms with van der Waals surface area (Å²) in [5, 5.41) is 3.26. The molecular weight excluding hydrogens is 386 g/mol. The van der Waals surface area contributed by atoms with Gasteiger partial charge in [0.25, 0.3) is 0 Å². The van der Waals surface area contributed by atoms with Crippen molar-refractivity contribution in [2.75, 3.05) is 19.6 Å². The Hall–Kier alpha value is -1.88. The second kappa shape index (κ2) is 8.57. The van der Waals surface area contributed by atoms with Gasteiger partial charge in [-0.1, -0.05) is 58.0 Å². The van der Waals surface area contributed by atoms with Crippen LogP contribution in [0.1, 0.15) is 53.0 Å². The Morgan fingerprint density at radius 3 is 2.42 bits per heavy atom. The van der Waals surface area contributed by atoms with E-state index in [2.05, 4.69) is 37.9 Å². The molecule has 1 aromatic rings. The molecule has 5 unspecified atom stereocenters. The van der Waals surface area contributed by atoms with Crippen molar-refractivity contribution in [3.63, 3.8) is 0 Å². The van der Waals surface area contributed by atoms with Crippen LogP contribution in [0.2, 0.25) is 0 Å². The second-order valence-corrected chi connectivity index (χ2v) is 10.9. The molecule has 4 aliphatic rings. The van der Waals surface area contributed by atoms with Gasteiger partial charge in [0.15, 0.2) is 0 Å². The Morgan fingerprint density at radius 2 is 1.81 bits per heavy atom. The largest absolute Gasteiger partial charge is 0.350 e. The monoisotopic (exact) mass is 425 g/mol. The minimum Gasteiger partial charge on any atom is -0.350 e. The average Bonchev–Trinajstić information content (AvgIpc) is 2.97. The molecule has 1 aliphatic carbocycles. The van der Waals surface area contributed by atoms with Crippen molar-refractivity contribution in [2.45, 2.75) is 65.6 Å². The van der Waals surface area contributed by atoms with Crippen molar-refractivity contribution >= 4 is 11.8 Å². The third-order valence-electron chi connectivity index (χ3n) is 7.77. The van der Waals surface area contributed by atoms with Gasteiger partial charge in [0.1, 0.15) is 5.54 Å². The van der Waals surface area contributed by atoms with E-state index in [1.54, 1.807) is 6.92 Å². The fourth-order valence-electron chi connectivity index (χ4n) is 6.95. The van der Waals surface area contributed by atoms with E-state index in [0.29, 0.717) is 30.2 Å². The van der Waals surface area contributed by atoms with E-state index < -0.39 is 5.54 Å². The van der Waals surface area contributed by atoms with Crippen LogP contribution in [0.5, 0.6) is 0 Å². The Balaban J connectivity index is 1.72. The maximum absolute atomic E-state index is 14.1. The summed E-state index contributed by atoms with van der Waals surface area (Å²) in [6.07, 6.45) is 2.18. The first-order valence-corrected chi connectivity index (χ1v) is 12.1. The van der Waals surface area contributed by atoms with E-state index >= 15 is 0 Å². The number of benzene rings is 1. The number of carbonyl (C=O) groups is 2.